The minimum atomic E-state index is -0.220. The summed E-state index contributed by atoms with van der Waals surface area (Å²) in [5, 5.41) is 7.37. The summed E-state index contributed by atoms with van der Waals surface area (Å²) in [7, 11) is 0. The number of thiocarbonyl (C=S) groups is 1. The Hall–Kier alpha value is -1.65. The summed E-state index contributed by atoms with van der Waals surface area (Å²) in [4.78, 5) is 0. The first kappa shape index (κ1) is 15.7. The molecule has 2 N–H and O–H groups in total. The topological polar surface area (TPSA) is 24.1 Å². The third-order valence-corrected chi connectivity index (χ3v) is 3.67. The van der Waals surface area contributed by atoms with Crippen LogP contribution in [0.15, 0.2) is 42.5 Å². The minimum absolute atomic E-state index is 0.220. The van der Waals surface area contributed by atoms with Crippen molar-refractivity contribution < 1.29 is 4.39 Å². The van der Waals surface area contributed by atoms with E-state index < -0.39 is 0 Å². The fourth-order valence-electron chi connectivity index (χ4n) is 1.86. The van der Waals surface area contributed by atoms with E-state index in [0.717, 1.165) is 16.8 Å². The van der Waals surface area contributed by atoms with Gasteiger partial charge in [0.2, 0.25) is 0 Å². The van der Waals surface area contributed by atoms with Crippen LogP contribution in [0.2, 0.25) is 5.02 Å². The molecule has 5 heteroatoms. The zero-order chi connectivity index (χ0) is 15.2. The van der Waals surface area contributed by atoms with E-state index in [1.807, 2.05) is 31.2 Å². The summed E-state index contributed by atoms with van der Waals surface area (Å²) in [6, 6.07) is 12.2. The lowest BCUT2D eigenvalue weighted by Crippen LogP contribution is -2.30. The minimum Gasteiger partial charge on any atom is -0.362 e. The van der Waals surface area contributed by atoms with Crippen molar-refractivity contribution in [3.8, 4) is 0 Å². The summed E-state index contributed by atoms with van der Waals surface area (Å²) in [6.45, 7) is 2.58. The van der Waals surface area contributed by atoms with Gasteiger partial charge in [0.05, 0.1) is 0 Å². The Labute approximate surface area is 134 Å². The summed E-state index contributed by atoms with van der Waals surface area (Å²) in [5.41, 5.74) is 2.80. The molecule has 21 heavy (non-hydrogen) atoms. The highest BCUT2D eigenvalue weighted by atomic mass is 35.5. The summed E-state index contributed by atoms with van der Waals surface area (Å²) in [5.74, 6) is -0.220. The first-order valence-corrected chi connectivity index (χ1v) is 7.38. The SMILES string of the molecule is Cc1ccc(NC(=S)NCCc2cccc(F)c2)cc1Cl. The van der Waals surface area contributed by atoms with Crippen LogP contribution in [0.1, 0.15) is 11.1 Å². The molecule has 2 aromatic rings. The Kier molecular flexibility index (Phi) is 5.53. The maximum atomic E-state index is 13.0. The molecular formula is C16H16ClFN2S. The van der Waals surface area contributed by atoms with Crippen LogP contribution < -0.4 is 10.6 Å². The Morgan fingerprint density at radius 3 is 2.76 bits per heavy atom. The molecular weight excluding hydrogens is 307 g/mol. The van der Waals surface area contributed by atoms with Crippen LogP contribution in [0, 0.1) is 12.7 Å². The van der Waals surface area contributed by atoms with E-state index in [1.54, 1.807) is 6.07 Å². The third-order valence-electron chi connectivity index (χ3n) is 3.02. The zero-order valence-electron chi connectivity index (χ0n) is 11.6. The summed E-state index contributed by atoms with van der Waals surface area (Å²) < 4.78 is 13.0. The predicted octanol–water partition coefficient (Wildman–Crippen LogP) is 4.32. The van der Waals surface area contributed by atoms with Gasteiger partial charge in [0.15, 0.2) is 5.11 Å². The van der Waals surface area contributed by atoms with Gasteiger partial charge in [0.25, 0.3) is 0 Å². The van der Waals surface area contributed by atoms with E-state index in [1.165, 1.54) is 12.1 Å². The lowest BCUT2D eigenvalue weighted by molar-refractivity contribution is 0.625. The molecule has 0 aliphatic rings. The molecule has 0 atom stereocenters. The van der Waals surface area contributed by atoms with Crippen molar-refractivity contribution in [3.63, 3.8) is 0 Å². The molecule has 0 fully saturated rings. The van der Waals surface area contributed by atoms with E-state index >= 15 is 0 Å². The van der Waals surface area contributed by atoms with Crippen molar-refractivity contribution in [1.82, 2.24) is 5.32 Å². The quantitative estimate of drug-likeness (QED) is 0.820. The standard InChI is InChI=1S/C16H16ClFN2S/c1-11-5-6-14(10-15(11)17)20-16(21)19-8-7-12-3-2-4-13(18)9-12/h2-6,9-10H,7-8H2,1H3,(H2,19,20,21). The van der Waals surface area contributed by atoms with Gasteiger partial charge in [-0.25, -0.2) is 4.39 Å². The molecule has 0 spiro atoms. The largest absolute Gasteiger partial charge is 0.362 e. The maximum absolute atomic E-state index is 13.0. The Balaban J connectivity index is 1.81. The van der Waals surface area contributed by atoms with Crippen molar-refractivity contribution in [1.29, 1.82) is 0 Å². The number of halogens is 2. The third kappa shape index (κ3) is 4.99. The van der Waals surface area contributed by atoms with Gasteiger partial charge in [0, 0.05) is 17.3 Å². The van der Waals surface area contributed by atoms with Crippen LogP contribution in [0.3, 0.4) is 0 Å². The second-order valence-electron chi connectivity index (χ2n) is 4.72. The number of rotatable bonds is 4. The number of aryl methyl sites for hydroxylation is 1. The molecule has 110 valence electrons. The smallest absolute Gasteiger partial charge is 0.170 e. The van der Waals surface area contributed by atoms with Crippen LogP contribution in [0.5, 0.6) is 0 Å². The Morgan fingerprint density at radius 1 is 1.24 bits per heavy atom. The molecule has 2 aromatic carbocycles. The lowest BCUT2D eigenvalue weighted by atomic mass is 10.1. The molecule has 0 aliphatic carbocycles. The number of nitrogens with one attached hydrogen (secondary N) is 2. The molecule has 2 rings (SSSR count). The van der Waals surface area contributed by atoms with Gasteiger partial charge in [-0.3, -0.25) is 0 Å². The van der Waals surface area contributed by atoms with Gasteiger partial charge in [-0.15, -0.1) is 0 Å². The molecule has 0 unspecified atom stereocenters. The average molecular weight is 323 g/mol. The number of hydrogen-bond donors (Lipinski definition) is 2. The van der Waals surface area contributed by atoms with Crippen LogP contribution in [-0.4, -0.2) is 11.7 Å². The molecule has 0 heterocycles. The van der Waals surface area contributed by atoms with E-state index in [4.69, 9.17) is 23.8 Å². The monoisotopic (exact) mass is 322 g/mol. The van der Waals surface area contributed by atoms with Gasteiger partial charge >= 0.3 is 0 Å². The van der Waals surface area contributed by atoms with Gasteiger partial charge in [-0.1, -0.05) is 29.8 Å². The van der Waals surface area contributed by atoms with Crippen LogP contribution >= 0.6 is 23.8 Å². The van der Waals surface area contributed by atoms with E-state index in [0.29, 0.717) is 23.1 Å². The maximum Gasteiger partial charge on any atom is 0.170 e. The molecule has 0 radical (unpaired) electrons. The van der Waals surface area contributed by atoms with Crippen molar-refractivity contribution in [3.05, 3.63) is 64.4 Å². The number of benzene rings is 2. The van der Waals surface area contributed by atoms with Crippen LogP contribution in [-0.2, 0) is 6.42 Å². The lowest BCUT2D eigenvalue weighted by Gasteiger charge is -2.11. The Bertz CT molecular complexity index is 646. The summed E-state index contributed by atoms with van der Waals surface area (Å²) in [6.07, 6.45) is 0.703. The molecule has 0 saturated carbocycles. The normalized spacial score (nSPS) is 10.2. The molecule has 0 aromatic heterocycles. The predicted molar refractivity (Wildman–Crippen MR) is 90.5 cm³/mol. The highest BCUT2D eigenvalue weighted by Gasteiger charge is 2.01. The molecule has 0 aliphatic heterocycles. The summed E-state index contributed by atoms with van der Waals surface area (Å²) >= 11 is 11.3. The van der Waals surface area contributed by atoms with Crippen molar-refractivity contribution >= 4 is 34.6 Å². The number of hydrogen-bond acceptors (Lipinski definition) is 1. The Morgan fingerprint density at radius 2 is 2.05 bits per heavy atom. The second kappa shape index (κ2) is 7.38. The van der Waals surface area contributed by atoms with Crippen molar-refractivity contribution in [2.75, 3.05) is 11.9 Å². The first-order valence-electron chi connectivity index (χ1n) is 6.60. The highest BCUT2D eigenvalue weighted by Crippen LogP contribution is 2.19. The second-order valence-corrected chi connectivity index (χ2v) is 5.54. The molecule has 0 saturated heterocycles. The van der Waals surface area contributed by atoms with Gasteiger partial charge in [0.1, 0.15) is 5.82 Å². The van der Waals surface area contributed by atoms with Gasteiger partial charge in [-0.05, 0) is 61.0 Å². The van der Waals surface area contributed by atoms with Crippen molar-refractivity contribution in [2.45, 2.75) is 13.3 Å². The zero-order valence-corrected chi connectivity index (χ0v) is 13.2. The van der Waals surface area contributed by atoms with E-state index in [2.05, 4.69) is 10.6 Å². The van der Waals surface area contributed by atoms with Crippen LogP contribution in [0.25, 0.3) is 0 Å². The molecule has 2 nitrogen and oxygen atoms in total. The molecule has 0 bridgehead atoms. The van der Waals surface area contributed by atoms with Crippen molar-refractivity contribution in [2.24, 2.45) is 0 Å². The number of anilines is 1. The molecule has 0 amide bonds. The van der Waals surface area contributed by atoms with E-state index in [9.17, 15) is 4.39 Å². The van der Waals surface area contributed by atoms with Crippen LogP contribution in [0.4, 0.5) is 10.1 Å². The average Bonchev–Trinajstić information content (AvgIpc) is 2.43. The van der Waals surface area contributed by atoms with Gasteiger partial charge < -0.3 is 10.6 Å². The highest BCUT2D eigenvalue weighted by molar-refractivity contribution is 7.80. The van der Waals surface area contributed by atoms with Gasteiger partial charge in [-0.2, -0.15) is 0 Å². The van der Waals surface area contributed by atoms with E-state index in [-0.39, 0.29) is 5.82 Å². The first-order chi connectivity index (χ1) is 10.0. The fourth-order valence-corrected chi connectivity index (χ4v) is 2.26. The fraction of sp³-hybridized carbons (Fsp3) is 0.188.